The molecular formula is C29H34FN2O4+. The van der Waals surface area contributed by atoms with Gasteiger partial charge in [0.15, 0.2) is 6.20 Å². The molecule has 7 atom stereocenters. The Hall–Kier alpha value is -3.22. The number of hydrogen-bond acceptors (Lipinski definition) is 4. The summed E-state index contributed by atoms with van der Waals surface area (Å²) in [6.45, 7) is 4.16. The van der Waals surface area contributed by atoms with Crippen LogP contribution in [-0.2, 0) is 14.3 Å². The first-order chi connectivity index (χ1) is 17.4. The Morgan fingerprint density at radius 2 is 2.08 bits per heavy atom. The van der Waals surface area contributed by atoms with E-state index < -0.39 is 0 Å². The second kappa shape index (κ2) is 10.4. The largest absolute Gasteiger partial charge is 0.462 e. The molecule has 2 saturated carbocycles. The molecule has 2 heterocycles. The second-order valence-corrected chi connectivity index (χ2v) is 10.3. The predicted octanol–water partition coefficient (Wildman–Crippen LogP) is 5.05. The molecular weight excluding hydrogens is 459 g/mol. The van der Waals surface area contributed by atoms with Crippen LogP contribution in [0.15, 0.2) is 48.7 Å². The van der Waals surface area contributed by atoms with Crippen LogP contribution in [0, 0.1) is 35.4 Å². The number of rotatable bonds is 5. The number of carbonyl (C=O) groups excluding carboxylic acids is 2. The first-order valence-electron chi connectivity index (χ1n) is 13.0. The lowest BCUT2D eigenvalue weighted by atomic mass is 9.57. The van der Waals surface area contributed by atoms with Crippen molar-refractivity contribution >= 4 is 18.1 Å². The molecule has 2 aromatic rings. The fraction of sp³-hybridized carbons (Fsp3) is 0.483. The van der Waals surface area contributed by atoms with Gasteiger partial charge in [-0.1, -0.05) is 18.2 Å². The summed E-state index contributed by atoms with van der Waals surface area (Å²) >= 11 is 0. The van der Waals surface area contributed by atoms with Crippen molar-refractivity contribution in [1.29, 1.82) is 0 Å². The molecule has 0 radical (unpaired) electrons. The quantitative estimate of drug-likeness (QED) is 0.592. The monoisotopic (exact) mass is 493 g/mol. The number of esters is 1. The van der Waals surface area contributed by atoms with Crippen LogP contribution in [0.3, 0.4) is 0 Å². The minimum atomic E-state index is -0.364. The van der Waals surface area contributed by atoms with Gasteiger partial charge in [0.05, 0.1) is 12.5 Å². The zero-order valence-electron chi connectivity index (χ0n) is 20.8. The number of halogens is 1. The van der Waals surface area contributed by atoms with Crippen molar-refractivity contribution < 1.29 is 28.4 Å². The lowest BCUT2D eigenvalue weighted by molar-refractivity contribution is -0.380. The number of ether oxygens (including phenoxy) is 2. The van der Waals surface area contributed by atoms with Gasteiger partial charge in [0.2, 0.25) is 5.69 Å². The highest BCUT2D eigenvalue weighted by Gasteiger charge is 2.54. The normalized spacial score (nSPS) is 31.4. The Balaban J connectivity index is 1.34. The lowest BCUT2D eigenvalue weighted by Gasteiger charge is -2.47. The number of aromatic nitrogens is 1. The highest BCUT2D eigenvalue weighted by atomic mass is 19.1. The molecule has 3 aliphatic rings. The number of pyridine rings is 1. The minimum Gasteiger partial charge on any atom is -0.462 e. The van der Waals surface area contributed by atoms with Gasteiger partial charge >= 0.3 is 12.1 Å². The first-order valence-corrected chi connectivity index (χ1v) is 13.0. The van der Waals surface area contributed by atoms with E-state index in [0.717, 1.165) is 42.5 Å². The summed E-state index contributed by atoms with van der Waals surface area (Å²) < 4.78 is 24.4. The van der Waals surface area contributed by atoms with E-state index in [9.17, 15) is 14.0 Å². The number of aromatic amines is 1. The highest BCUT2D eigenvalue weighted by molar-refractivity contribution is 5.75. The summed E-state index contributed by atoms with van der Waals surface area (Å²) in [5.74, 6) is 0.719. The molecule has 0 bridgehead atoms. The van der Waals surface area contributed by atoms with E-state index in [4.69, 9.17) is 9.47 Å². The average Bonchev–Trinajstić information content (AvgIpc) is 3.15. The van der Waals surface area contributed by atoms with Gasteiger partial charge in [0.1, 0.15) is 11.9 Å². The van der Waals surface area contributed by atoms with Gasteiger partial charge in [0.25, 0.3) is 0 Å². The zero-order chi connectivity index (χ0) is 25.2. The maximum atomic E-state index is 13.6. The third-order valence-corrected chi connectivity index (χ3v) is 8.24. The van der Waals surface area contributed by atoms with Crippen LogP contribution in [0.1, 0.15) is 45.2 Å². The molecule has 3 fully saturated rings. The van der Waals surface area contributed by atoms with Crippen molar-refractivity contribution in [3.05, 3.63) is 60.2 Å². The number of amides is 1. The van der Waals surface area contributed by atoms with Crippen LogP contribution in [0.2, 0.25) is 0 Å². The SMILES string of the molecule is CCOC(=O)N[C@@H]1CC[C@@H]2[C@@H](C1)C[C@H]1C(=O)O[C@H](C)[C@H]1[C@H]2/C=C/c1ccc(-c2cccc(F)c2)c[nH+]1. The molecule has 5 rings (SSSR count). The molecule has 7 heteroatoms. The summed E-state index contributed by atoms with van der Waals surface area (Å²) in [6.07, 6.45) is 9.33. The fourth-order valence-corrected chi connectivity index (χ4v) is 6.69. The van der Waals surface area contributed by atoms with Gasteiger partial charge in [-0.15, -0.1) is 0 Å². The first kappa shape index (κ1) is 24.5. The Bertz CT molecular complexity index is 1130. The molecule has 1 saturated heterocycles. The molecule has 2 N–H and O–H groups in total. The lowest BCUT2D eigenvalue weighted by Crippen LogP contribution is -2.48. The number of fused-ring (bicyclic) bond motifs is 2. The van der Waals surface area contributed by atoms with Gasteiger partial charge in [-0.05, 0) is 81.0 Å². The molecule has 1 amide bonds. The van der Waals surface area contributed by atoms with E-state index in [-0.39, 0.29) is 47.8 Å². The molecule has 190 valence electrons. The van der Waals surface area contributed by atoms with Crippen LogP contribution < -0.4 is 10.3 Å². The molecule has 36 heavy (non-hydrogen) atoms. The topological polar surface area (TPSA) is 78.8 Å². The number of carbonyl (C=O) groups is 2. The maximum absolute atomic E-state index is 13.6. The number of cyclic esters (lactones) is 1. The van der Waals surface area contributed by atoms with Gasteiger partial charge in [-0.2, -0.15) is 0 Å². The standard InChI is InChI=1S/C29H33FN2O4/c1-3-35-29(34)32-23-10-11-24-20(14-23)15-26-27(17(2)36-28(26)33)25(24)12-9-22-8-7-19(16-31-22)18-5-4-6-21(30)13-18/h4-9,12-13,16-17,20,23-27H,3,10-11,14-15H2,1-2H3,(H,32,34)/p+1/b12-9+/t17-,20+,23-,24-,25+,26-,27+/m1/s1. The van der Waals surface area contributed by atoms with Crippen molar-refractivity contribution in [2.24, 2.45) is 29.6 Å². The zero-order valence-corrected chi connectivity index (χ0v) is 20.8. The Kier molecular flexibility index (Phi) is 7.08. The van der Waals surface area contributed by atoms with Crippen LogP contribution in [0.5, 0.6) is 0 Å². The van der Waals surface area contributed by atoms with Crippen LogP contribution in [-0.4, -0.2) is 30.8 Å². The molecule has 2 aliphatic carbocycles. The number of allylic oxidation sites excluding steroid dienone is 1. The predicted molar refractivity (Wildman–Crippen MR) is 133 cm³/mol. The second-order valence-electron chi connectivity index (χ2n) is 10.3. The van der Waals surface area contributed by atoms with E-state index in [2.05, 4.69) is 22.5 Å². The average molecular weight is 494 g/mol. The van der Waals surface area contributed by atoms with E-state index in [1.165, 1.54) is 12.1 Å². The summed E-state index contributed by atoms with van der Waals surface area (Å²) in [4.78, 5) is 28.0. The molecule has 1 aliphatic heterocycles. The maximum Gasteiger partial charge on any atom is 0.407 e. The smallest absolute Gasteiger partial charge is 0.407 e. The molecule has 0 unspecified atom stereocenters. The Morgan fingerprint density at radius 3 is 2.83 bits per heavy atom. The van der Waals surface area contributed by atoms with Crippen LogP contribution in [0.25, 0.3) is 17.2 Å². The third-order valence-electron chi connectivity index (χ3n) is 8.24. The molecule has 1 aromatic carbocycles. The minimum absolute atomic E-state index is 0.0741. The van der Waals surface area contributed by atoms with Gasteiger partial charge in [-0.3, -0.25) is 4.79 Å². The summed E-state index contributed by atoms with van der Waals surface area (Å²) in [5, 5.41) is 3.00. The summed E-state index contributed by atoms with van der Waals surface area (Å²) in [7, 11) is 0. The van der Waals surface area contributed by atoms with Crippen molar-refractivity contribution in [1.82, 2.24) is 5.32 Å². The summed E-state index contributed by atoms with van der Waals surface area (Å²) in [6, 6.07) is 10.6. The van der Waals surface area contributed by atoms with E-state index in [1.807, 2.05) is 31.3 Å². The van der Waals surface area contributed by atoms with E-state index in [0.29, 0.717) is 18.4 Å². The number of benzene rings is 1. The van der Waals surface area contributed by atoms with Crippen LogP contribution in [0.4, 0.5) is 9.18 Å². The number of H-pyrrole nitrogens is 1. The fourth-order valence-electron chi connectivity index (χ4n) is 6.69. The number of hydrogen-bond donors (Lipinski definition) is 1. The van der Waals surface area contributed by atoms with E-state index in [1.54, 1.807) is 13.0 Å². The van der Waals surface area contributed by atoms with Gasteiger partial charge in [0, 0.05) is 29.7 Å². The highest BCUT2D eigenvalue weighted by Crippen LogP contribution is 2.53. The molecule has 6 nitrogen and oxygen atoms in total. The Labute approximate surface area is 211 Å². The van der Waals surface area contributed by atoms with Gasteiger partial charge in [-0.25, -0.2) is 14.2 Å². The van der Waals surface area contributed by atoms with Crippen molar-refractivity contribution in [2.45, 2.75) is 51.7 Å². The Morgan fingerprint density at radius 1 is 1.22 bits per heavy atom. The third kappa shape index (κ3) is 5.01. The molecule has 0 spiro atoms. The van der Waals surface area contributed by atoms with Crippen molar-refractivity contribution in [3.63, 3.8) is 0 Å². The summed E-state index contributed by atoms with van der Waals surface area (Å²) in [5.41, 5.74) is 2.69. The van der Waals surface area contributed by atoms with E-state index >= 15 is 0 Å². The number of nitrogens with one attached hydrogen (secondary N) is 2. The van der Waals surface area contributed by atoms with Crippen LogP contribution >= 0.6 is 0 Å². The number of alkyl carbamates (subject to hydrolysis) is 1. The van der Waals surface area contributed by atoms with Crippen molar-refractivity contribution in [3.8, 4) is 11.1 Å². The van der Waals surface area contributed by atoms with Gasteiger partial charge < -0.3 is 14.8 Å². The molecule has 1 aromatic heterocycles. The van der Waals surface area contributed by atoms with Crippen molar-refractivity contribution in [2.75, 3.05) is 6.61 Å².